The fourth-order valence-electron chi connectivity index (χ4n) is 1.44. The van der Waals surface area contributed by atoms with Crippen LogP contribution in [0.2, 0.25) is 5.02 Å². The van der Waals surface area contributed by atoms with E-state index >= 15 is 0 Å². The minimum Gasteiger partial charge on any atom is -0.481 e. The Kier molecular flexibility index (Phi) is 5.60. The van der Waals surface area contributed by atoms with Gasteiger partial charge in [0.1, 0.15) is 0 Å². The standard InChI is InChI=1S/C13H11ClN2O3S2/c14-8-1-3-10(4-2-8)20-7-11(17)16-13-15-9(6-21-13)5-12(18)19/h1-4,6H,5,7H2,(H,18,19)(H,15,16,17). The van der Waals surface area contributed by atoms with E-state index in [1.54, 1.807) is 17.5 Å². The number of amides is 1. The number of rotatable bonds is 6. The minimum absolute atomic E-state index is 0.147. The van der Waals surface area contributed by atoms with E-state index in [1.165, 1.54) is 23.1 Å². The molecule has 5 nitrogen and oxygen atoms in total. The zero-order valence-electron chi connectivity index (χ0n) is 10.7. The molecule has 8 heteroatoms. The Labute approximate surface area is 134 Å². The van der Waals surface area contributed by atoms with Crippen LogP contribution in [0.4, 0.5) is 5.13 Å². The second kappa shape index (κ2) is 7.44. The molecule has 0 fully saturated rings. The van der Waals surface area contributed by atoms with Crippen LogP contribution in [0, 0.1) is 0 Å². The molecule has 0 aliphatic rings. The van der Waals surface area contributed by atoms with Crippen molar-refractivity contribution in [1.82, 2.24) is 4.98 Å². The lowest BCUT2D eigenvalue weighted by Crippen LogP contribution is -2.14. The molecule has 2 aromatic rings. The normalized spacial score (nSPS) is 10.3. The quantitative estimate of drug-likeness (QED) is 0.788. The van der Waals surface area contributed by atoms with Gasteiger partial charge in [0.2, 0.25) is 5.91 Å². The largest absolute Gasteiger partial charge is 0.481 e. The summed E-state index contributed by atoms with van der Waals surface area (Å²) in [6.45, 7) is 0. The Bertz CT molecular complexity index is 643. The van der Waals surface area contributed by atoms with Gasteiger partial charge in [-0.1, -0.05) is 11.6 Å². The maximum Gasteiger partial charge on any atom is 0.309 e. The molecule has 1 aromatic heterocycles. The first-order chi connectivity index (χ1) is 10.0. The fourth-order valence-corrected chi connectivity index (χ4v) is 2.99. The lowest BCUT2D eigenvalue weighted by atomic mass is 10.3. The van der Waals surface area contributed by atoms with Crippen molar-refractivity contribution in [3.05, 3.63) is 40.4 Å². The number of thiazole rings is 1. The lowest BCUT2D eigenvalue weighted by Gasteiger charge is -2.02. The van der Waals surface area contributed by atoms with Crippen LogP contribution in [0.3, 0.4) is 0 Å². The maximum atomic E-state index is 11.8. The Hall–Kier alpha value is -1.57. The van der Waals surface area contributed by atoms with Crippen molar-refractivity contribution in [3.8, 4) is 0 Å². The summed E-state index contributed by atoms with van der Waals surface area (Å²) in [5, 5.41) is 14.0. The van der Waals surface area contributed by atoms with Crippen LogP contribution >= 0.6 is 34.7 Å². The third-order valence-electron chi connectivity index (χ3n) is 2.31. The number of thioether (sulfide) groups is 1. The zero-order chi connectivity index (χ0) is 15.2. The number of aromatic nitrogens is 1. The summed E-state index contributed by atoms with van der Waals surface area (Å²) < 4.78 is 0. The maximum absolute atomic E-state index is 11.8. The second-order valence-electron chi connectivity index (χ2n) is 4.01. The van der Waals surface area contributed by atoms with Gasteiger partial charge >= 0.3 is 5.97 Å². The van der Waals surface area contributed by atoms with Crippen molar-refractivity contribution < 1.29 is 14.7 Å². The number of aliphatic carboxylic acids is 1. The fraction of sp³-hybridized carbons (Fsp3) is 0.154. The molecular formula is C13H11ClN2O3S2. The molecule has 0 aliphatic carbocycles. The Morgan fingerprint density at radius 2 is 2.05 bits per heavy atom. The average molecular weight is 343 g/mol. The van der Waals surface area contributed by atoms with Crippen molar-refractivity contribution in [2.75, 3.05) is 11.1 Å². The number of anilines is 1. The average Bonchev–Trinajstić information content (AvgIpc) is 2.84. The molecule has 0 atom stereocenters. The van der Waals surface area contributed by atoms with Gasteiger partial charge in [-0.15, -0.1) is 23.1 Å². The number of nitrogens with zero attached hydrogens (tertiary/aromatic N) is 1. The predicted octanol–water partition coefficient (Wildman–Crippen LogP) is 3.15. The van der Waals surface area contributed by atoms with E-state index in [2.05, 4.69) is 10.3 Å². The van der Waals surface area contributed by atoms with Gasteiger partial charge in [-0.2, -0.15) is 0 Å². The molecule has 0 unspecified atom stereocenters. The van der Waals surface area contributed by atoms with Crippen LogP contribution in [0.25, 0.3) is 0 Å². The summed E-state index contributed by atoms with van der Waals surface area (Å²) in [5.74, 6) is -0.891. The topological polar surface area (TPSA) is 79.3 Å². The minimum atomic E-state index is -0.948. The summed E-state index contributed by atoms with van der Waals surface area (Å²) in [7, 11) is 0. The molecule has 2 N–H and O–H groups in total. The van der Waals surface area contributed by atoms with Crippen LogP contribution in [-0.4, -0.2) is 27.7 Å². The Morgan fingerprint density at radius 3 is 2.71 bits per heavy atom. The third kappa shape index (κ3) is 5.37. The first-order valence-electron chi connectivity index (χ1n) is 5.87. The van der Waals surface area contributed by atoms with E-state index in [-0.39, 0.29) is 18.1 Å². The molecule has 0 bridgehead atoms. The van der Waals surface area contributed by atoms with Gasteiger partial charge in [0.25, 0.3) is 0 Å². The highest BCUT2D eigenvalue weighted by molar-refractivity contribution is 8.00. The molecule has 0 saturated carbocycles. The number of halogens is 1. The number of hydrogen-bond acceptors (Lipinski definition) is 5. The van der Waals surface area contributed by atoms with Crippen LogP contribution in [0.1, 0.15) is 5.69 Å². The highest BCUT2D eigenvalue weighted by Gasteiger charge is 2.09. The van der Waals surface area contributed by atoms with Crippen molar-refractivity contribution in [2.45, 2.75) is 11.3 Å². The first-order valence-corrected chi connectivity index (χ1v) is 8.11. The van der Waals surface area contributed by atoms with E-state index in [4.69, 9.17) is 16.7 Å². The zero-order valence-corrected chi connectivity index (χ0v) is 13.1. The van der Waals surface area contributed by atoms with Gasteiger partial charge in [-0.3, -0.25) is 9.59 Å². The molecule has 2 rings (SSSR count). The van der Waals surface area contributed by atoms with Crippen molar-refractivity contribution >= 4 is 51.7 Å². The van der Waals surface area contributed by atoms with Gasteiger partial charge in [0, 0.05) is 15.3 Å². The van der Waals surface area contributed by atoms with Gasteiger partial charge in [-0.25, -0.2) is 4.98 Å². The van der Waals surface area contributed by atoms with Crippen molar-refractivity contribution in [3.63, 3.8) is 0 Å². The SMILES string of the molecule is O=C(O)Cc1csc(NC(=O)CSc2ccc(Cl)cc2)n1. The number of carbonyl (C=O) groups excluding carboxylic acids is 1. The smallest absolute Gasteiger partial charge is 0.309 e. The second-order valence-corrected chi connectivity index (χ2v) is 6.35. The van der Waals surface area contributed by atoms with E-state index in [0.29, 0.717) is 15.8 Å². The number of benzene rings is 1. The van der Waals surface area contributed by atoms with Gasteiger partial charge in [0.05, 0.1) is 17.9 Å². The molecule has 0 spiro atoms. The van der Waals surface area contributed by atoms with Crippen molar-refractivity contribution in [1.29, 1.82) is 0 Å². The summed E-state index contributed by atoms with van der Waals surface area (Å²) in [4.78, 5) is 27.3. The number of carboxylic acids is 1. The van der Waals surface area contributed by atoms with Gasteiger partial charge in [-0.05, 0) is 24.3 Å². The summed E-state index contributed by atoms with van der Waals surface area (Å²) in [6.07, 6.45) is -0.147. The highest BCUT2D eigenvalue weighted by atomic mass is 35.5. The third-order valence-corrected chi connectivity index (χ3v) is 4.38. The molecule has 0 radical (unpaired) electrons. The number of nitrogens with one attached hydrogen (secondary N) is 1. The summed E-state index contributed by atoms with van der Waals surface area (Å²) >= 11 is 8.38. The summed E-state index contributed by atoms with van der Waals surface area (Å²) in [5.41, 5.74) is 0.438. The van der Waals surface area contributed by atoms with Gasteiger partial charge in [0.15, 0.2) is 5.13 Å². The molecule has 0 saturated heterocycles. The van der Waals surface area contributed by atoms with E-state index in [0.717, 1.165) is 4.90 Å². The first kappa shape index (κ1) is 15.8. The van der Waals surface area contributed by atoms with E-state index < -0.39 is 5.97 Å². The van der Waals surface area contributed by atoms with Crippen LogP contribution < -0.4 is 5.32 Å². The number of carboxylic acid groups (broad SMARTS) is 1. The number of hydrogen-bond donors (Lipinski definition) is 2. The van der Waals surface area contributed by atoms with Crippen molar-refractivity contribution in [2.24, 2.45) is 0 Å². The molecule has 0 aliphatic heterocycles. The van der Waals surface area contributed by atoms with E-state index in [1.807, 2.05) is 12.1 Å². The Balaban J connectivity index is 1.82. The Morgan fingerprint density at radius 1 is 1.33 bits per heavy atom. The monoisotopic (exact) mass is 342 g/mol. The van der Waals surface area contributed by atoms with E-state index in [9.17, 15) is 9.59 Å². The van der Waals surface area contributed by atoms with Crippen LogP contribution in [-0.2, 0) is 16.0 Å². The molecular weight excluding hydrogens is 332 g/mol. The van der Waals surface area contributed by atoms with Gasteiger partial charge < -0.3 is 10.4 Å². The molecule has 1 aromatic carbocycles. The van der Waals surface area contributed by atoms with Crippen LogP contribution in [0.15, 0.2) is 34.5 Å². The molecule has 110 valence electrons. The molecule has 1 heterocycles. The predicted molar refractivity (Wildman–Crippen MR) is 84.3 cm³/mol. The highest BCUT2D eigenvalue weighted by Crippen LogP contribution is 2.21. The molecule has 21 heavy (non-hydrogen) atoms. The molecule has 1 amide bonds. The lowest BCUT2D eigenvalue weighted by molar-refractivity contribution is -0.136. The summed E-state index contributed by atoms with van der Waals surface area (Å²) in [6, 6.07) is 7.21. The number of carbonyl (C=O) groups is 2. The van der Waals surface area contributed by atoms with Crippen LogP contribution in [0.5, 0.6) is 0 Å².